The van der Waals surface area contributed by atoms with Gasteiger partial charge < -0.3 is 0 Å². The summed E-state index contributed by atoms with van der Waals surface area (Å²) in [5.41, 5.74) is 0.598. The van der Waals surface area contributed by atoms with Crippen LogP contribution >= 0.6 is 0 Å². The molecule has 11 heavy (non-hydrogen) atoms. The van der Waals surface area contributed by atoms with E-state index in [0.29, 0.717) is 11.1 Å². The van der Waals surface area contributed by atoms with Crippen LogP contribution in [-0.4, -0.2) is 27.8 Å². The van der Waals surface area contributed by atoms with Crippen LogP contribution in [0.3, 0.4) is 0 Å². The quantitative estimate of drug-likeness (QED) is 0.495. The molecule has 1 heterocycles. The van der Waals surface area contributed by atoms with Gasteiger partial charge in [-0.05, 0) is 41.5 Å². The Bertz CT molecular complexity index is 132. The fourth-order valence-corrected chi connectivity index (χ4v) is 1.25. The van der Waals surface area contributed by atoms with Crippen molar-refractivity contribution < 1.29 is 0 Å². The van der Waals surface area contributed by atoms with Gasteiger partial charge in [-0.2, -0.15) is 0 Å². The summed E-state index contributed by atoms with van der Waals surface area (Å²) < 4.78 is 0. The van der Waals surface area contributed by atoms with Gasteiger partial charge in [-0.1, -0.05) is 0 Å². The normalized spacial score (nSPS) is 32.2. The van der Waals surface area contributed by atoms with Gasteiger partial charge in [0.1, 0.15) is 0 Å². The Hall–Kier alpha value is -0.0800. The molecule has 1 saturated heterocycles. The van der Waals surface area contributed by atoms with Gasteiger partial charge in [0, 0.05) is 11.1 Å². The summed E-state index contributed by atoms with van der Waals surface area (Å²) in [6.07, 6.45) is 0. The van der Waals surface area contributed by atoms with Crippen molar-refractivity contribution in [3.63, 3.8) is 0 Å². The predicted octanol–water partition coefficient (Wildman–Crippen LogP) is 2.07. The van der Waals surface area contributed by atoms with Crippen LogP contribution in [-0.2, 0) is 0 Å². The molecule has 66 valence electrons. The molecule has 0 aromatic carbocycles. The molecule has 2 unspecified atom stereocenters. The third-order valence-corrected chi connectivity index (χ3v) is 2.02. The fourth-order valence-electron chi connectivity index (χ4n) is 1.25. The maximum atomic E-state index is 2.40. The molecule has 0 aromatic rings. The maximum Gasteiger partial charge on any atom is 0.0799 e. The van der Waals surface area contributed by atoms with Crippen molar-refractivity contribution in [1.82, 2.24) is 10.0 Å². The topological polar surface area (TPSA) is 6.02 Å². The van der Waals surface area contributed by atoms with Crippen molar-refractivity contribution in [2.45, 2.75) is 52.6 Å². The van der Waals surface area contributed by atoms with Crippen LogP contribution < -0.4 is 0 Å². The summed E-state index contributed by atoms with van der Waals surface area (Å²) in [6.45, 7) is 14.6. The highest BCUT2D eigenvalue weighted by Gasteiger charge is 2.45. The van der Waals surface area contributed by atoms with Crippen LogP contribution in [0.1, 0.15) is 41.5 Å². The number of hydrogen-bond acceptors (Lipinski definition) is 2. The molecule has 0 aromatic heterocycles. The lowest BCUT2D eigenvalue weighted by Crippen LogP contribution is -2.36. The lowest BCUT2D eigenvalue weighted by atomic mass is 10.1. The Kier molecular flexibility index (Phi) is 1.81. The molecular weight excluding hydrogens is 136 g/mol. The fraction of sp³-hybridized carbons (Fsp3) is 1.00. The van der Waals surface area contributed by atoms with Crippen LogP contribution in [0.15, 0.2) is 0 Å². The molecule has 0 N–H and O–H groups in total. The predicted molar refractivity (Wildman–Crippen MR) is 48.1 cm³/mol. The summed E-state index contributed by atoms with van der Waals surface area (Å²) in [6, 6.07) is 0. The van der Waals surface area contributed by atoms with Gasteiger partial charge >= 0.3 is 0 Å². The first kappa shape index (κ1) is 9.01. The van der Waals surface area contributed by atoms with E-state index in [2.05, 4.69) is 51.6 Å². The molecule has 0 bridgehead atoms. The Morgan fingerprint density at radius 2 is 1.00 bits per heavy atom. The summed E-state index contributed by atoms with van der Waals surface area (Å²) in [5, 5.41) is 4.79. The third-order valence-electron chi connectivity index (χ3n) is 2.02. The molecule has 2 nitrogen and oxygen atoms in total. The Balaban J connectivity index is 2.51. The number of hydrazine groups is 1. The second-order valence-electron chi connectivity index (χ2n) is 5.28. The molecule has 1 fully saturated rings. The van der Waals surface area contributed by atoms with E-state index in [4.69, 9.17) is 0 Å². The molecule has 1 aliphatic heterocycles. The van der Waals surface area contributed by atoms with Gasteiger partial charge in [0.15, 0.2) is 0 Å². The van der Waals surface area contributed by atoms with Crippen molar-refractivity contribution in [2.24, 2.45) is 0 Å². The molecule has 1 aliphatic rings. The van der Waals surface area contributed by atoms with E-state index in [1.165, 1.54) is 0 Å². The number of hydrogen-bond donors (Lipinski definition) is 0. The Labute approximate surface area is 70.1 Å². The summed E-state index contributed by atoms with van der Waals surface area (Å²) in [4.78, 5) is 0. The first-order chi connectivity index (χ1) is 4.73. The van der Waals surface area contributed by atoms with E-state index in [0.717, 1.165) is 6.67 Å². The molecule has 0 radical (unpaired) electrons. The van der Waals surface area contributed by atoms with E-state index in [1.807, 2.05) is 0 Å². The van der Waals surface area contributed by atoms with Crippen LogP contribution in [0.4, 0.5) is 0 Å². The van der Waals surface area contributed by atoms with Gasteiger partial charge in [-0.15, -0.1) is 0 Å². The Morgan fingerprint density at radius 1 is 0.727 bits per heavy atom. The highest BCUT2D eigenvalue weighted by atomic mass is 15.9. The molecule has 0 spiro atoms. The second-order valence-corrected chi connectivity index (χ2v) is 5.28. The van der Waals surface area contributed by atoms with E-state index in [-0.39, 0.29) is 0 Å². The molecule has 0 amide bonds. The first-order valence-electron chi connectivity index (χ1n) is 4.28. The molecule has 2 heteroatoms. The summed E-state index contributed by atoms with van der Waals surface area (Å²) >= 11 is 0. The molecule has 0 saturated carbocycles. The Morgan fingerprint density at radius 3 is 1.09 bits per heavy atom. The SMILES string of the molecule is CC(C)(C)N1CN1C(C)(C)C. The van der Waals surface area contributed by atoms with Crippen molar-refractivity contribution in [3.05, 3.63) is 0 Å². The van der Waals surface area contributed by atoms with Crippen molar-refractivity contribution >= 4 is 0 Å². The maximum absolute atomic E-state index is 2.40. The largest absolute Gasteiger partial charge is 0.219 e. The van der Waals surface area contributed by atoms with Gasteiger partial charge in [-0.3, -0.25) is 0 Å². The molecule has 0 aliphatic carbocycles. The second kappa shape index (κ2) is 2.20. The van der Waals surface area contributed by atoms with E-state index >= 15 is 0 Å². The zero-order valence-electron chi connectivity index (χ0n) is 8.60. The van der Waals surface area contributed by atoms with Gasteiger partial charge in [-0.25, -0.2) is 10.0 Å². The van der Waals surface area contributed by atoms with E-state index in [1.54, 1.807) is 0 Å². The van der Waals surface area contributed by atoms with Crippen LogP contribution in [0.5, 0.6) is 0 Å². The zero-order valence-corrected chi connectivity index (χ0v) is 8.60. The zero-order chi connectivity index (χ0) is 8.86. The number of nitrogens with zero attached hydrogens (tertiary/aromatic N) is 2. The summed E-state index contributed by atoms with van der Waals surface area (Å²) in [7, 11) is 0. The third kappa shape index (κ3) is 1.94. The lowest BCUT2D eigenvalue weighted by Gasteiger charge is -2.27. The van der Waals surface area contributed by atoms with Gasteiger partial charge in [0.05, 0.1) is 6.67 Å². The monoisotopic (exact) mass is 156 g/mol. The summed E-state index contributed by atoms with van der Waals surface area (Å²) in [5.74, 6) is 0. The standard InChI is InChI=1S/C9H20N2/c1-8(2,3)10-7-11(10)9(4,5)6/h7H2,1-6H3. The van der Waals surface area contributed by atoms with E-state index < -0.39 is 0 Å². The smallest absolute Gasteiger partial charge is 0.0799 e. The van der Waals surface area contributed by atoms with Crippen LogP contribution in [0.25, 0.3) is 0 Å². The number of rotatable bonds is 0. The van der Waals surface area contributed by atoms with Crippen molar-refractivity contribution in [1.29, 1.82) is 0 Å². The van der Waals surface area contributed by atoms with Crippen molar-refractivity contribution in [3.8, 4) is 0 Å². The minimum atomic E-state index is 0.299. The molecular formula is C9H20N2. The van der Waals surface area contributed by atoms with Gasteiger partial charge in [0.2, 0.25) is 0 Å². The van der Waals surface area contributed by atoms with Crippen molar-refractivity contribution in [2.75, 3.05) is 6.67 Å². The highest BCUT2D eigenvalue weighted by Crippen LogP contribution is 2.34. The molecule has 1 rings (SSSR count). The minimum absolute atomic E-state index is 0.299. The highest BCUT2D eigenvalue weighted by molar-refractivity contribution is 4.89. The molecule has 2 atom stereocenters. The van der Waals surface area contributed by atoms with E-state index in [9.17, 15) is 0 Å². The average Bonchev–Trinajstić information content (AvgIpc) is 2.30. The van der Waals surface area contributed by atoms with Crippen LogP contribution in [0.2, 0.25) is 0 Å². The lowest BCUT2D eigenvalue weighted by molar-refractivity contribution is 0.110. The first-order valence-corrected chi connectivity index (χ1v) is 4.28. The van der Waals surface area contributed by atoms with Gasteiger partial charge in [0.25, 0.3) is 0 Å². The van der Waals surface area contributed by atoms with Crippen LogP contribution in [0, 0.1) is 0 Å². The minimum Gasteiger partial charge on any atom is -0.219 e. The average molecular weight is 156 g/mol.